The van der Waals surface area contributed by atoms with E-state index in [-0.39, 0.29) is 12.1 Å². The molecule has 1 N–H and O–H groups in total. The summed E-state index contributed by atoms with van der Waals surface area (Å²) in [4.78, 5) is 6.89. The number of thiocarbonyl (C=S) groups is 1. The zero-order chi connectivity index (χ0) is 22.1. The number of ether oxygens (including phenoxy) is 1. The SMILES string of the molecule is COCCN1C(=S)N[C@@H](c2ccccn2)[C@@H]1c1cc(C)n(-c2cccc(C)c2C)c1C. The standard InChI is InChI=1S/C25H30N4OS/c1-16-9-8-11-22(18(16)3)29-17(2)15-20(19(29)4)24-23(21-10-6-7-12-26-21)27-25(31)28(24)13-14-30-5/h6-12,15,23-24H,13-14H2,1-5H3,(H,27,31)/t23-,24-/m0/s1. The van der Waals surface area contributed by atoms with Crippen LogP contribution in [0.2, 0.25) is 0 Å². The van der Waals surface area contributed by atoms with Gasteiger partial charge in [-0.1, -0.05) is 18.2 Å². The van der Waals surface area contributed by atoms with E-state index in [2.05, 4.69) is 77.8 Å². The molecular weight excluding hydrogens is 404 g/mol. The molecule has 3 aromatic rings. The van der Waals surface area contributed by atoms with E-state index < -0.39 is 0 Å². The third-order valence-electron chi connectivity index (χ3n) is 6.34. The number of pyridine rings is 1. The first kappa shape index (κ1) is 21.5. The summed E-state index contributed by atoms with van der Waals surface area (Å²) in [6.45, 7) is 10.1. The van der Waals surface area contributed by atoms with Crippen LogP contribution in [0, 0.1) is 27.7 Å². The second kappa shape index (κ2) is 8.81. The maximum Gasteiger partial charge on any atom is 0.170 e. The Balaban J connectivity index is 1.84. The number of benzene rings is 1. The third kappa shape index (κ3) is 3.86. The molecule has 6 heteroatoms. The average Bonchev–Trinajstić information content (AvgIpc) is 3.24. The van der Waals surface area contributed by atoms with E-state index in [1.165, 1.54) is 33.8 Å². The van der Waals surface area contributed by atoms with E-state index in [9.17, 15) is 0 Å². The minimum Gasteiger partial charge on any atom is -0.383 e. The van der Waals surface area contributed by atoms with E-state index in [0.717, 1.165) is 17.4 Å². The number of nitrogens with zero attached hydrogens (tertiary/aromatic N) is 3. The lowest BCUT2D eigenvalue weighted by Gasteiger charge is -2.28. The van der Waals surface area contributed by atoms with E-state index in [0.29, 0.717) is 6.61 Å². The Labute approximate surface area is 190 Å². The van der Waals surface area contributed by atoms with Crippen molar-refractivity contribution in [2.75, 3.05) is 20.3 Å². The van der Waals surface area contributed by atoms with Crippen LogP contribution in [0.25, 0.3) is 5.69 Å². The van der Waals surface area contributed by atoms with Gasteiger partial charge in [-0.3, -0.25) is 4.98 Å². The highest BCUT2D eigenvalue weighted by atomic mass is 32.1. The van der Waals surface area contributed by atoms with Crippen molar-refractivity contribution < 1.29 is 4.74 Å². The number of methoxy groups -OCH3 is 1. The molecule has 1 aliphatic rings. The van der Waals surface area contributed by atoms with Crippen LogP contribution >= 0.6 is 12.2 Å². The number of hydrogen-bond donors (Lipinski definition) is 1. The van der Waals surface area contributed by atoms with Gasteiger partial charge in [0.2, 0.25) is 0 Å². The first-order chi connectivity index (χ1) is 14.9. The van der Waals surface area contributed by atoms with Gasteiger partial charge in [-0.15, -0.1) is 0 Å². The summed E-state index contributed by atoms with van der Waals surface area (Å²) in [5.74, 6) is 0. The quantitative estimate of drug-likeness (QED) is 0.569. The lowest BCUT2D eigenvalue weighted by molar-refractivity contribution is 0.164. The van der Waals surface area contributed by atoms with E-state index in [4.69, 9.17) is 17.0 Å². The molecule has 4 rings (SSSR count). The van der Waals surface area contributed by atoms with Crippen LogP contribution < -0.4 is 5.32 Å². The molecule has 5 nitrogen and oxygen atoms in total. The summed E-state index contributed by atoms with van der Waals surface area (Å²) in [6, 6.07) is 14.9. The molecule has 0 amide bonds. The predicted octanol–water partition coefficient (Wildman–Crippen LogP) is 4.72. The lowest BCUT2D eigenvalue weighted by atomic mass is 9.96. The van der Waals surface area contributed by atoms with Crippen molar-refractivity contribution in [1.29, 1.82) is 0 Å². The fourth-order valence-electron chi connectivity index (χ4n) is 4.61. The first-order valence-electron chi connectivity index (χ1n) is 10.7. The fourth-order valence-corrected chi connectivity index (χ4v) is 4.94. The molecule has 0 bridgehead atoms. The molecule has 2 atom stereocenters. The van der Waals surface area contributed by atoms with Gasteiger partial charge in [-0.25, -0.2) is 0 Å². The highest BCUT2D eigenvalue weighted by Crippen LogP contribution is 2.41. The van der Waals surface area contributed by atoms with Crippen molar-refractivity contribution in [2.24, 2.45) is 0 Å². The van der Waals surface area contributed by atoms with Gasteiger partial charge >= 0.3 is 0 Å². The van der Waals surface area contributed by atoms with Crippen molar-refractivity contribution in [2.45, 2.75) is 39.8 Å². The maximum absolute atomic E-state index is 5.75. The summed E-state index contributed by atoms with van der Waals surface area (Å²) >= 11 is 5.75. The number of nitrogens with one attached hydrogen (secondary N) is 1. The highest BCUT2D eigenvalue weighted by molar-refractivity contribution is 7.80. The molecule has 162 valence electrons. The molecule has 1 fully saturated rings. The van der Waals surface area contributed by atoms with Crippen LogP contribution in [-0.2, 0) is 4.74 Å². The molecule has 0 radical (unpaired) electrons. The molecule has 3 heterocycles. The number of aryl methyl sites for hydroxylation is 2. The predicted molar refractivity (Wildman–Crippen MR) is 129 cm³/mol. The fraction of sp³-hybridized carbons (Fsp3) is 0.360. The Morgan fingerprint density at radius 1 is 1.10 bits per heavy atom. The number of aromatic nitrogens is 2. The number of rotatable bonds is 6. The maximum atomic E-state index is 5.75. The summed E-state index contributed by atoms with van der Waals surface area (Å²) in [7, 11) is 1.73. The summed E-state index contributed by atoms with van der Waals surface area (Å²) in [6.07, 6.45) is 1.84. The summed E-state index contributed by atoms with van der Waals surface area (Å²) < 4.78 is 7.75. The Morgan fingerprint density at radius 2 is 1.90 bits per heavy atom. The van der Waals surface area contributed by atoms with Crippen LogP contribution in [0.1, 0.15) is 45.9 Å². The first-order valence-corrected chi connectivity index (χ1v) is 11.1. The van der Waals surface area contributed by atoms with E-state index >= 15 is 0 Å². The smallest absolute Gasteiger partial charge is 0.170 e. The van der Waals surface area contributed by atoms with Gasteiger partial charge in [0.15, 0.2) is 5.11 Å². The van der Waals surface area contributed by atoms with Gasteiger partial charge in [0.25, 0.3) is 0 Å². The molecule has 1 aromatic carbocycles. The Morgan fingerprint density at radius 3 is 2.61 bits per heavy atom. The molecule has 1 saturated heterocycles. The van der Waals surface area contributed by atoms with Crippen molar-refractivity contribution in [3.05, 3.63) is 82.4 Å². The Hall–Kier alpha value is -2.70. The van der Waals surface area contributed by atoms with Crippen LogP contribution in [0.15, 0.2) is 48.7 Å². The van der Waals surface area contributed by atoms with Crippen molar-refractivity contribution in [1.82, 2.24) is 19.8 Å². The van der Waals surface area contributed by atoms with Gasteiger partial charge in [-0.05, 0) is 80.9 Å². The normalized spacial score (nSPS) is 18.5. The van der Waals surface area contributed by atoms with Gasteiger partial charge in [0, 0.05) is 36.9 Å². The number of hydrogen-bond acceptors (Lipinski definition) is 3. The minimum absolute atomic E-state index is 0.0156. The average molecular weight is 435 g/mol. The monoisotopic (exact) mass is 434 g/mol. The molecule has 1 aliphatic heterocycles. The zero-order valence-corrected chi connectivity index (χ0v) is 19.7. The summed E-state index contributed by atoms with van der Waals surface area (Å²) in [5.41, 5.74) is 8.52. The van der Waals surface area contributed by atoms with Crippen LogP contribution in [0.3, 0.4) is 0 Å². The highest BCUT2D eigenvalue weighted by Gasteiger charge is 2.41. The molecule has 0 aliphatic carbocycles. The van der Waals surface area contributed by atoms with Crippen LogP contribution in [0.4, 0.5) is 0 Å². The minimum atomic E-state index is -0.0156. The van der Waals surface area contributed by atoms with Gasteiger partial charge in [-0.2, -0.15) is 0 Å². The second-order valence-electron chi connectivity index (χ2n) is 8.19. The van der Waals surface area contributed by atoms with Crippen molar-refractivity contribution >= 4 is 17.3 Å². The third-order valence-corrected chi connectivity index (χ3v) is 6.69. The second-order valence-corrected chi connectivity index (χ2v) is 8.58. The zero-order valence-electron chi connectivity index (χ0n) is 18.8. The topological polar surface area (TPSA) is 42.3 Å². The summed E-state index contributed by atoms with van der Waals surface area (Å²) in [5, 5.41) is 4.27. The molecule has 0 unspecified atom stereocenters. The largest absolute Gasteiger partial charge is 0.383 e. The molecule has 31 heavy (non-hydrogen) atoms. The Kier molecular flexibility index (Phi) is 6.12. The van der Waals surface area contributed by atoms with Crippen LogP contribution in [-0.4, -0.2) is 39.8 Å². The van der Waals surface area contributed by atoms with E-state index in [1.807, 2.05) is 18.3 Å². The lowest BCUT2D eigenvalue weighted by Crippen LogP contribution is -2.32. The van der Waals surface area contributed by atoms with Gasteiger partial charge in [0.05, 0.1) is 24.4 Å². The molecule has 2 aromatic heterocycles. The molecular formula is C25H30N4OS. The van der Waals surface area contributed by atoms with E-state index in [1.54, 1.807) is 7.11 Å². The van der Waals surface area contributed by atoms with Crippen LogP contribution in [0.5, 0.6) is 0 Å². The van der Waals surface area contributed by atoms with Gasteiger partial charge in [0.1, 0.15) is 0 Å². The molecule has 0 saturated carbocycles. The van der Waals surface area contributed by atoms with Crippen molar-refractivity contribution in [3.63, 3.8) is 0 Å². The van der Waals surface area contributed by atoms with Crippen molar-refractivity contribution in [3.8, 4) is 5.69 Å². The Bertz CT molecular complexity index is 1090. The molecule has 0 spiro atoms. The van der Waals surface area contributed by atoms with Gasteiger partial charge < -0.3 is 19.5 Å².